The van der Waals surface area contributed by atoms with Crippen LogP contribution in [0.3, 0.4) is 0 Å². The van der Waals surface area contributed by atoms with Gasteiger partial charge in [0, 0.05) is 12.7 Å². The summed E-state index contributed by atoms with van der Waals surface area (Å²) < 4.78 is 26.2. The summed E-state index contributed by atoms with van der Waals surface area (Å²) in [5, 5.41) is -0.0803. The first-order valence-corrected chi connectivity index (χ1v) is 6.69. The number of sulfonamides is 1. The van der Waals surface area contributed by atoms with Crippen LogP contribution in [0.15, 0.2) is 23.4 Å². The van der Waals surface area contributed by atoms with Crippen LogP contribution in [0.1, 0.15) is 13.3 Å². The second-order valence-corrected chi connectivity index (χ2v) is 5.90. The van der Waals surface area contributed by atoms with Gasteiger partial charge in [-0.05, 0) is 30.4 Å². The number of nitrogens with zero attached hydrogens (tertiary/aromatic N) is 1. The highest BCUT2D eigenvalue weighted by Crippen LogP contribution is 2.37. The van der Waals surface area contributed by atoms with Crippen molar-refractivity contribution < 1.29 is 8.42 Å². The molecule has 2 atom stereocenters. The first kappa shape index (κ1) is 11.3. The Hall–Kier alpha value is -1.14. The van der Waals surface area contributed by atoms with Crippen LogP contribution in [0.2, 0.25) is 0 Å². The Labute approximate surface area is 95.1 Å². The average Bonchev–Trinajstić information content (AvgIpc) is 2.92. The minimum atomic E-state index is -3.56. The molecule has 1 saturated carbocycles. The first-order valence-electron chi connectivity index (χ1n) is 5.21. The Balaban J connectivity index is 2.10. The zero-order valence-electron chi connectivity index (χ0n) is 9.05. The summed E-state index contributed by atoms with van der Waals surface area (Å²) >= 11 is 0. The highest BCUT2D eigenvalue weighted by Gasteiger charge is 2.33. The molecule has 2 unspecified atom stereocenters. The van der Waals surface area contributed by atoms with E-state index in [0.717, 1.165) is 6.42 Å². The van der Waals surface area contributed by atoms with Gasteiger partial charge in [0.15, 0.2) is 5.03 Å². The van der Waals surface area contributed by atoms with Gasteiger partial charge in [-0.25, -0.2) is 18.1 Å². The van der Waals surface area contributed by atoms with Gasteiger partial charge in [-0.2, -0.15) is 0 Å². The summed E-state index contributed by atoms with van der Waals surface area (Å²) in [5.41, 5.74) is 5.75. The van der Waals surface area contributed by atoms with Gasteiger partial charge in [-0.15, -0.1) is 0 Å². The van der Waals surface area contributed by atoms with Crippen LogP contribution in [-0.4, -0.2) is 19.9 Å². The number of nitrogen functional groups attached to an aromatic ring is 1. The van der Waals surface area contributed by atoms with E-state index >= 15 is 0 Å². The number of anilines is 1. The van der Waals surface area contributed by atoms with Gasteiger partial charge in [0.2, 0.25) is 0 Å². The number of pyridine rings is 1. The van der Waals surface area contributed by atoms with Gasteiger partial charge in [0.05, 0.1) is 5.69 Å². The van der Waals surface area contributed by atoms with Gasteiger partial charge < -0.3 is 5.73 Å². The monoisotopic (exact) mass is 241 g/mol. The molecule has 1 aliphatic carbocycles. The van der Waals surface area contributed by atoms with Crippen LogP contribution in [0.4, 0.5) is 5.69 Å². The van der Waals surface area contributed by atoms with Gasteiger partial charge >= 0.3 is 0 Å². The lowest BCUT2D eigenvalue weighted by Crippen LogP contribution is -2.27. The summed E-state index contributed by atoms with van der Waals surface area (Å²) in [4.78, 5) is 3.79. The molecule has 0 spiro atoms. The van der Waals surface area contributed by atoms with Crippen molar-refractivity contribution in [3.63, 3.8) is 0 Å². The second kappa shape index (κ2) is 4.03. The van der Waals surface area contributed by atoms with Crippen molar-refractivity contribution in [3.8, 4) is 0 Å². The van der Waals surface area contributed by atoms with E-state index in [1.54, 1.807) is 6.07 Å². The number of aromatic nitrogens is 1. The standard InChI is InChI=1S/C10H15N3O2S/c1-7-5-8(7)6-13-16(14,15)10-9(11)3-2-4-12-10/h2-4,7-8,13H,5-6,11H2,1H3. The van der Waals surface area contributed by atoms with Crippen molar-refractivity contribution in [2.24, 2.45) is 11.8 Å². The molecule has 1 heterocycles. The molecule has 5 nitrogen and oxygen atoms in total. The third kappa shape index (κ3) is 2.33. The number of nitrogens with two attached hydrogens (primary N) is 1. The Morgan fingerprint density at radius 2 is 2.31 bits per heavy atom. The maximum absolute atomic E-state index is 11.8. The first-order chi connectivity index (χ1) is 7.50. The zero-order valence-corrected chi connectivity index (χ0v) is 9.87. The zero-order chi connectivity index (χ0) is 11.8. The van der Waals surface area contributed by atoms with Gasteiger partial charge in [-0.3, -0.25) is 0 Å². The predicted octanol–water partition coefficient (Wildman–Crippen LogP) is 0.598. The fourth-order valence-electron chi connectivity index (χ4n) is 1.60. The molecule has 0 aromatic carbocycles. The van der Waals surface area contributed by atoms with Crippen LogP contribution < -0.4 is 10.5 Å². The van der Waals surface area contributed by atoms with E-state index in [-0.39, 0.29) is 10.7 Å². The lowest BCUT2D eigenvalue weighted by Gasteiger charge is -2.07. The number of nitrogens with one attached hydrogen (secondary N) is 1. The van der Waals surface area contributed by atoms with Crippen molar-refractivity contribution >= 4 is 15.7 Å². The third-order valence-corrected chi connectivity index (χ3v) is 4.26. The fourth-order valence-corrected chi connectivity index (χ4v) is 2.74. The third-order valence-electron chi connectivity index (χ3n) is 2.87. The summed E-state index contributed by atoms with van der Waals surface area (Å²) in [6, 6.07) is 3.14. The van der Waals surface area contributed by atoms with Crippen LogP contribution >= 0.6 is 0 Å². The number of hydrogen-bond donors (Lipinski definition) is 2. The molecule has 0 amide bonds. The number of rotatable bonds is 4. The second-order valence-electron chi connectivity index (χ2n) is 4.22. The molecule has 1 fully saturated rings. The Bertz CT molecular complexity index is 487. The van der Waals surface area contributed by atoms with Crippen molar-refractivity contribution in [3.05, 3.63) is 18.3 Å². The molecule has 88 valence electrons. The molecule has 0 aliphatic heterocycles. The lowest BCUT2D eigenvalue weighted by atomic mass is 10.3. The van der Waals surface area contributed by atoms with E-state index in [0.29, 0.717) is 18.4 Å². The molecule has 2 rings (SSSR count). The van der Waals surface area contributed by atoms with E-state index in [1.165, 1.54) is 12.3 Å². The van der Waals surface area contributed by atoms with Gasteiger partial charge in [-0.1, -0.05) is 6.92 Å². The van der Waals surface area contributed by atoms with E-state index in [9.17, 15) is 8.42 Å². The predicted molar refractivity (Wildman–Crippen MR) is 61.1 cm³/mol. The fraction of sp³-hybridized carbons (Fsp3) is 0.500. The normalized spacial score (nSPS) is 24.3. The quantitative estimate of drug-likeness (QED) is 0.808. The molecule has 0 saturated heterocycles. The van der Waals surface area contributed by atoms with Crippen LogP contribution in [-0.2, 0) is 10.0 Å². The summed E-state index contributed by atoms with van der Waals surface area (Å²) in [5.74, 6) is 1.07. The van der Waals surface area contributed by atoms with E-state index in [1.807, 2.05) is 0 Å². The van der Waals surface area contributed by atoms with Crippen LogP contribution in [0.5, 0.6) is 0 Å². The molecule has 3 N–H and O–H groups in total. The van der Waals surface area contributed by atoms with Crippen molar-refractivity contribution in [1.29, 1.82) is 0 Å². The average molecular weight is 241 g/mol. The summed E-state index contributed by atoms with van der Waals surface area (Å²) in [6.07, 6.45) is 2.50. The van der Waals surface area contributed by atoms with E-state index < -0.39 is 10.0 Å². The topological polar surface area (TPSA) is 85.1 Å². The minimum absolute atomic E-state index is 0.0803. The Morgan fingerprint density at radius 1 is 1.62 bits per heavy atom. The largest absolute Gasteiger partial charge is 0.396 e. The van der Waals surface area contributed by atoms with Gasteiger partial charge in [0.1, 0.15) is 0 Å². The van der Waals surface area contributed by atoms with Crippen molar-refractivity contribution in [2.75, 3.05) is 12.3 Å². The smallest absolute Gasteiger partial charge is 0.260 e. The summed E-state index contributed by atoms with van der Waals surface area (Å²) in [6.45, 7) is 2.58. The highest BCUT2D eigenvalue weighted by atomic mass is 32.2. The van der Waals surface area contributed by atoms with E-state index in [2.05, 4.69) is 16.6 Å². The lowest BCUT2D eigenvalue weighted by molar-refractivity contribution is 0.571. The SMILES string of the molecule is CC1CC1CNS(=O)(=O)c1ncccc1N. The molecule has 0 bridgehead atoms. The van der Waals surface area contributed by atoms with Crippen LogP contribution in [0, 0.1) is 11.8 Å². The summed E-state index contributed by atoms with van der Waals surface area (Å²) in [7, 11) is -3.56. The van der Waals surface area contributed by atoms with Crippen molar-refractivity contribution in [1.82, 2.24) is 9.71 Å². The molecule has 16 heavy (non-hydrogen) atoms. The van der Waals surface area contributed by atoms with Crippen LogP contribution in [0.25, 0.3) is 0 Å². The molecule has 1 aromatic rings. The number of hydrogen-bond acceptors (Lipinski definition) is 4. The molecule has 6 heteroatoms. The maximum atomic E-state index is 11.8. The minimum Gasteiger partial charge on any atom is -0.396 e. The molecular formula is C10H15N3O2S. The highest BCUT2D eigenvalue weighted by molar-refractivity contribution is 7.89. The van der Waals surface area contributed by atoms with Gasteiger partial charge in [0.25, 0.3) is 10.0 Å². The molecule has 0 radical (unpaired) electrons. The van der Waals surface area contributed by atoms with E-state index in [4.69, 9.17) is 5.73 Å². The maximum Gasteiger partial charge on any atom is 0.260 e. The molecule has 1 aromatic heterocycles. The molecular weight excluding hydrogens is 226 g/mol. The Morgan fingerprint density at radius 3 is 2.88 bits per heavy atom. The molecule has 1 aliphatic rings. The Kier molecular flexibility index (Phi) is 2.86. The van der Waals surface area contributed by atoms with Crippen molar-refractivity contribution in [2.45, 2.75) is 18.4 Å².